The lowest BCUT2D eigenvalue weighted by atomic mass is 9.92. The van der Waals surface area contributed by atoms with Crippen LogP contribution in [0.25, 0.3) is 16.9 Å². The third-order valence-corrected chi connectivity index (χ3v) is 7.93. The lowest BCUT2D eigenvalue weighted by Gasteiger charge is -2.32. The minimum Gasteiger partial charge on any atom is -0.378 e. The van der Waals surface area contributed by atoms with Crippen LogP contribution >= 0.6 is 0 Å². The second kappa shape index (κ2) is 10.4. The Morgan fingerprint density at radius 3 is 2.67 bits per heavy atom. The first kappa shape index (κ1) is 26.1. The summed E-state index contributed by atoms with van der Waals surface area (Å²) >= 11 is 0. The van der Waals surface area contributed by atoms with Gasteiger partial charge in [-0.3, -0.25) is 14.2 Å². The summed E-state index contributed by atoms with van der Waals surface area (Å²) in [6.07, 6.45) is 7.92. The number of fused-ring (bicyclic) bond motifs is 1. The van der Waals surface area contributed by atoms with Crippen molar-refractivity contribution in [3.63, 3.8) is 0 Å². The quantitative estimate of drug-likeness (QED) is 0.394. The van der Waals surface area contributed by atoms with Crippen molar-refractivity contribution >= 4 is 34.7 Å². The molecule has 2 aliphatic heterocycles. The Morgan fingerprint density at radius 2 is 1.98 bits per heavy atom. The predicted molar refractivity (Wildman–Crippen MR) is 140 cm³/mol. The average Bonchev–Trinajstić information content (AvgIpc) is 3.31. The number of carbonyl (C=O) groups excluding carboxylic acids is 2. The van der Waals surface area contributed by atoms with Crippen LogP contribution in [-0.4, -0.2) is 98.0 Å². The molecule has 0 bridgehead atoms. The van der Waals surface area contributed by atoms with Crippen molar-refractivity contribution in [1.29, 1.82) is 0 Å². The van der Waals surface area contributed by atoms with Crippen LogP contribution in [0.4, 0.5) is 20.5 Å². The summed E-state index contributed by atoms with van der Waals surface area (Å²) in [5.74, 6) is 0.550. The zero-order chi connectivity index (χ0) is 27.9. The Bertz CT molecular complexity index is 1430. The van der Waals surface area contributed by atoms with E-state index in [0.717, 1.165) is 19.3 Å². The van der Waals surface area contributed by atoms with Crippen LogP contribution in [0, 0.1) is 5.41 Å². The SMILES string of the molecule is C=CC(=O)N1CCC2(CC1)CC2NC(=O)CNc1nc(N2CCOCC2)nc2c1ncn2-c1cnn(C(F)F)c1. The van der Waals surface area contributed by atoms with E-state index in [1.54, 1.807) is 9.47 Å². The molecular weight excluding hydrogens is 526 g/mol. The largest absolute Gasteiger partial charge is 0.378 e. The van der Waals surface area contributed by atoms with Crippen molar-refractivity contribution in [3.05, 3.63) is 31.4 Å². The topological polar surface area (TPSA) is 135 Å². The predicted octanol–water partition coefficient (Wildman–Crippen LogP) is 1.34. The first-order valence-electron chi connectivity index (χ1n) is 13.2. The van der Waals surface area contributed by atoms with Crippen molar-refractivity contribution in [2.24, 2.45) is 5.41 Å². The summed E-state index contributed by atoms with van der Waals surface area (Å²) in [5.41, 5.74) is 1.21. The Kier molecular flexibility index (Phi) is 6.82. The maximum Gasteiger partial charge on any atom is 0.333 e. The van der Waals surface area contributed by atoms with Gasteiger partial charge in [0.25, 0.3) is 0 Å². The highest BCUT2D eigenvalue weighted by molar-refractivity contribution is 5.89. The number of aromatic nitrogens is 6. The molecule has 0 aromatic carbocycles. The first-order valence-corrected chi connectivity index (χ1v) is 13.2. The van der Waals surface area contributed by atoms with Gasteiger partial charge in [-0.1, -0.05) is 6.58 Å². The Labute approximate surface area is 228 Å². The van der Waals surface area contributed by atoms with Crippen LogP contribution in [-0.2, 0) is 14.3 Å². The fraction of sp³-hybridized carbons (Fsp3) is 0.520. The molecule has 1 atom stereocenters. The number of hydrogen-bond acceptors (Lipinski definition) is 9. The molecule has 1 saturated carbocycles. The number of ether oxygens (including phenoxy) is 1. The fourth-order valence-electron chi connectivity index (χ4n) is 5.48. The van der Waals surface area contributed by atoms with Gasteiger partial charge in [0, 0.05) is 32.2 Å². The summed E-state index contributed by atoms with van der Waals surface area (Å²) < 4.78 is 33.8. The maximum atomic E-state index is 13.1. The van der Waals surface area contributed by atoms with Crippen molar-refractivity contribution in [2.75, 3.05) is 56.2 Å². The summed E-state index contributed by atoms with van der Waals surface area (Å²) in [4.78, 5) is 42.3. The number of carbonyl (C=O) groups is 2. The average molecular weight is 557 g/mol. The van der Waals surface area contributed by atoms with E-state index >= 15 is 0 Å². The van der Waals surface area contributed by atoms with Crippen molar-refractivity contribution in [1.82, 2.24) is 39.5 Å². The minimum absolute atomic E-state index is 0.0293. The van der Waals surface area contributed by atoms with Gasteiger partial charge in [-0.25, -0.2) is 9.67 Å². The van der Waals surface area contributed by atoms with Crippen LogP contribution in [0.5, 0.6) is 0 Å². The molecule has 1 aliphatic carbocycles. The zero-order valence-corrected chi connectivity index (χ0v) is 21.8. The smallest absolute Gasteiger partial charge is 0.333 e. The van der Waals surface area contributed by atoms with E-state index in [2.05, 4.69) is 37.3 Å². The number of alkyl halides is 2. The number of anilines is 2. The van der Waals surface area contributed by atoms with Crippen LogP contribution in [0.15, 0.2) is 31.4 Å². The molecule has 2 N–H and O–H groups in total. The molecule has 13 nitrogen and oxygen atoms in total. The minimum atomic E-state index is -2.77. The fourth-order valence-corrected chi connectivity index (χ4v) is 5.48. The normalized spacial score (nSPS) is 20.2. The molecule has 212 valence electrons. The zero-order valence-electron chi connectivity index (χ0n) is 21.8. The summed E-state index contributed by atoms with van der Waals surface area (Å²) in [6.45, 7) is 4.30. The lowest BCUT2D eigenvalue weighted by molar-refractivity contribution is -0.127. The molecule has 15 heteroatoms. The van der Waals surface area contributed by atoms with E-state index in [4.69, 9.17) is 4.74 Å². The van der Waals surface area contributed by atoms with Crippen molar-refractivity contribution in [2.45, 2.75) is 31.9 Å². The number of halogens is 2. The molecule has 1 spiro atoms. The van der Waals surface area contributed by atoms with E-state index in [9.17, 15) is 18.4 Å². The van der Waals surface area contributed by atoms with Crippen LogP contribution < -0.4 is 15.5 Å². The second-order valence-electron chi connectivity index (χ2n) is 10.3. The molecule has 0 radical (unpaired) electrons. The van der Waals surface area contributed by atoms with E-state index in [1.165, 1.54) is 24.8 Å². The first-order chi connectivity index (χ1) is 19.4. The van der Waals surface area contributed by atoms with Gasteiger partial charge in [-0.2, -0.15) is 23.8 Å². The molecule has 2 amide bonds. The van der Waals surface area contributed by atoms with Crippen LogP contribution in [0.2, 0.25) is 0 Å². The third kappa shape index (κ3) is 4.96. The maximum absolute atomic E-state index is 13.1. The van der Waals surface area contributed by atoms with Crippen molar-refractivity contribution < 1.29 is 23.1 Å². The molecule has 5 heterocycles. The highest BCUT2D eigenvalue weighted by atomic mass is 19.3. The standard InChI is InChI=1S/C25H30F2N10O3/c1-2-19(39)34-5-3-25(4-6-34)11-17(25)31-18(38)13-28-21-20-22(33-24(32-21)35-7-9-40-10-8-35)36(15-29-20)16-12-30-37(14-16)23(26)27/h2,12,14-15,17,23H,1,3-11,13H2,(H,31,38)(H,28,32,33). The van der Waals surface area contributed by atoms with Gasteiger partial charge in [0.15, 0.2) is 17.0 Å². The molecule has 40 heavy (non-hydrogen) atoms. The number of nitrogens with one attached hydrogen (secondary N) is 2. The number of morpholine rings is 1. The Morgan fingerprint density at radius 1 is 1.20 bits per heavy atom. The summed E-state index contributed by atoms with van der Waals surface area (Å²) in [7, 11) is 0. The van der Waals surface area contributed by atoms with Gasteiger partial charge in [0.1, 0.15) is 6.33 Å². The summed E-state index contributed by atoms with van der Waals surface area (Å²) in [6, 6.07) is 0.0719. The van der Waals surface area contributed by atoms with E-state index < -0.39 is 6.55 Å². The number of imidazole rings is 1. The third-order valence-electron chi connectivity index (χ3n) is 7.93. The number of amides is 2. The van der Waals surface area contributed by atoms with Gasteiger partial charge in [0.05, 0.1) is 37.8 Å². The van der Waals surface area contributed by atoms with Gasteiger partial charge in [0.2, 0.25) is 17.8 Å². The van der Waals surface area contributed by atoms with Gasteiger partial charge >= 0.3 is 6.55 Å². The number of nitrogens with zero attached hydrogens (tertiary/aromatic N) is 8. The van der Waals surface area contributed by atoms with Gasteiger partial charge < -0.3 is 25.2 Å². The number of piperidine rings is 1. The Balaban J connectivity index is 1.17. The van der Waals surface area contributed by atoms with Crippen LogP contribution in [0.1, 0.15) is 25.8 Å². The monoisotopic (exact) mass is 556 g/mol. The molecule has 2 saturated heterocycles. The van der Waals surface area contributed by atoms with E-state index in [1.807, 2.05) is 4.90 Å². The number of hydrogen-bond donors (Lipinski definition) is 2. The number of likely N-dealkylation sites (tertiary alicyclic amines) is 1. The highest BCUT2D eigenvalue weighted by Crippen LogP contribution is 2.53. The van der Waals surface area contributed by atoms with Gasteiger partial charge in [-0.05, 0) is 30.8 Å². The molecular formula is C25H30F2N10O3. The molecule has 1 unspecified atom stereocenters. The molecule has 3 fully saturated rings. The summed E-state index contributed by atoms with van der Waals surface area (Å²) in [5, 5.41) is 9.93. The Hall–Kier alpha value is -4.14. The molecule has 6 rings (SSSR count). The number of rotatable bonds is 8. The van der Waals surface area contributed by atoms with Gasteiger partial charge in [-0.15, -0.1) is 0 Å². The lowest BCUT2D eigenvalue weighted by Crippen LogP contribution is -2.41. The highest BCUT2D eigenvalue weighted by Gasteiger charge is 2.55. The molecule has 3 aromatic heterocycles. The van der Waals surface area contributed by atoms with E-state index in [0.29, 0.717) is 72.7 Å². The van der Waals surface area contributed by atoms with E-state index in [-0.39, 0.29) is 29.8 Å². The van der Waals surface area contributed by atoms with Crippen molar-refractivity contribution in [3.8, 4) is 5.69 Å². The molecule has 3 aromatic rings. The molecule has 3 aliphatic rings. The second-order valence-corrected chi connectivity index (χ2v) is 10.3. The van der Waals surface area contributed by atoms with Crippen LogP contribution in [0.3, 0.4) is 0 Å².